The molecule has 1 saturated carbocycles. The Kier molecular flexibility index (Phi) is 4.11. The van der Waals surface area contributed by atoms with Crippen molar-refractivity contribution >= 4 is 0 Å². The summed E-state index contributed by atoms with van der Waals surface area (Å²) < 4.78 is 0. The molecule has 1 aromatic rings. The molecule has 1 aromatic heterocycles. The van der Waals surface area contributed by atoms with Gasteiger partial charge in [-0.05, 0) is 50.8 Å². The second-order valence-corrected chi connectivity index (χ2v) is 7.09. The Bertz CT molecular complexity index is 473. The average Bonchev–Trinajstić information content (AvgIpc) is 3.39. The highest BCUT2D eigenvalue weighted by Gasteiger charge is 2.52. The van der Waals surface area contributed by atoms with Crippen molar-refractivity contribution in [1.29, 1.82) is 0 Å². The molecule has 0 amide bonds. The van der Waals surface area contributed by atoms with Crippen LogP contribution in [0.1, 0.15) is 31.5 Å². The van der Waals surface area contributed by atoms with Crippen LogP contribution in [0.15, 0.2) is 18.5 Å². The van der Waals surface area contributed by atoms with Crippen molar-refractivity contribution in [1.82, 2.24) is 25.1 Å². The molecule has 5 heteroatoms. The number of nitrogens with zero attached hydrogens (tertiary/aromatic N) is 4. The zero-order chi connectivity index (χ0) is 14.8. The zero-order valence-electron chi connectivity index (χ0n) is 13.4. The Morgan fingerprint density at radius 1 is 1.05 bits per heavy atom. The highest BCUT2D eigenvalue weighted by Crippen LogP contribution is 2.49. The van der Waals surface area contributed by atoms with E-state index >= 15 is 0 Å². The lowest BCUT2D eigenvalue weighted by atomic mass is 9.97. The van der Waals surface area contributed by atoms with E-state index in [-0.39, 0.29) is 5.54 Å². The smallest absolute Gasteiger partial charge is 0.148 e. The second kappa shape index (κ2) is 6.22. The van der Waals surface area contributed by atoms with Crippen LogP contribution in [0.2, 0.25) is 0 Å². The van der Waals surface area contributed by atoms with E-state index < -0.39 is 0 Å². The van der Waals surface area contributed by atoms with Crippen LogP contribution in [0.3, 0.4) is 0 Å². The van der Waals surface area contributed by atoms with Crippen LogP contribution in [0.25, 0.3) is 0 Å². The molecule has 0 atom stereocenters. The van der Waals surface area contributed by atoms with Crippen LogP contribution in [0.4, 0.5) is 0 Å². The van der Waals surface area contributed by atoms with Crippen molar-refractivity contribution in [3.63, 3.8) is 0 Å². The molecule has 0 unspecified atom stereocenters. The van der Waals surface area contributed by atoms with Gasteiger partial charge in [0.1, 0.15) is 5.82 Å². The van der Waals surface area contributed by atoms with E-state index in [0.29, 0.717) is 0 Å². The summed E-state index contributed by atoms with van der Waals surface area (Å²) >= 11 is 0. The SMILES string of the molecule is c1cnc(C2(N3CCN(CC4CCNCC4)CC3)CC2)nc1. The third kappa shape index (κ3) is 2.90. The first kappa shape index (κ1) is 14.5. The number of piperazine rings is 1. The van der Waals surface area contributed by atoms with Gasteiger partial charge >= 0.3 is 0 Å². The van der Waals surface area contributed by atoms with E-state index in [4.69, 9.17) is 0 Å². The van der Waals surface area contributed by atoms with Gasteiger partial charge in [-0.3, -0.25) is 4.90 Å². The van der Waals surface area contributed by atoms with Crippen molar-refractivity contribution in [3.05, 3.63) is 24.3 Å². The van der Waals surface area contributed by atoms with Crippen LogP contribution in [-0.2, 0) is 5.54 Å². The van der Waals surface area contributed by atoms with Crippen molar-refractivity contribution in [2.45, 2.75) is 31.2 Å². The summed E-state index contributed by atoms with van der Waals surface area (Å²) in [5, 5.41) is 3.46. The molecule has 5 nitrogen and oxygen atoms in total. The summed E-state index contributed by atoms with van der Waals surface area (Å²) in [6.45, 7) is 8.46. The minimum Gasteiger partial charge on any atom is -0.317 e. The minimum absolute atomic E-state index is 0.169. The normalized spacial score (nSPS) is 26.9. The molecule has 0 bridgehead atoms. The molecule has 3 heterocycles. The van der Waals surface area contributed by atoms with Gasteiger partial charge in [-0.15, -0.1) is 0 Å². The Hall–Kier alpha value is -1.04. The fourth-order valence-electron chi connectivity index (χ4n) is 4.13. The predicted octanol–water partition coefficient (Wildman–Crippen LogP) is 1.08. The number of aromatic nitrogens is 2. The lowest BCUT2D eigenvalue weighted by Gasteiger charge is -2.40. The molecular weight excluding hydrogens is 274 g/mol. The first-order valence-electron chi connectivity index (χ1n) is 8.82. The van der Waals surface area contributed by atoms with E-state index in [0.717, 1.165) is 11.7 Å². The molecule has 4 rings (SSSR count). The van der Waals surface area contributed by atoms with Crippen molar-refractivity contribution in [3.8, 4) is 0 Å². The zero-order valence-corrected chi connectivity index (χ0v) is 13.4. The summed E-state index contributed by atoms with van der Waals surface area (Å²) in [6, 6.07) is 1.91. The fraction of sp³-hybridized carbons (Fsp3) is 0.765. The van der Waals surface area contributed by atoms with Crippen LogP contribution in [0, 0.1) is 5.92 Å². The van der Waals surface area contributed by atoms with Crippen molar-refractivity contribution in [2.24, 2.45) is 5.92 Å². The monoisotopic (exact) mass is 301 g/mol. The van der Waals surface area contributed by atoms with Crippen molar-refractivity contribution in [2.75, 3.05) is 45.8 Å². The fourth-order valence-corrected chi connectivity index (χ4v) is 4.13. The van der Waals surface area contributed by atoms with E-state index in [2.05, 4.69) is 25.1 Å². The van der Waals surface area contributed by atoms with Gasteiger partial charge in [-0.2, -0.15) is 0 Å². The molecule has 3 fully saturated rings. The topological polar surface area (TPSA) is 44.3 Å². The van der Waals surface area contributed by atoms with E-state index in [9.17, 15) is 0 Å². The van der Waals surface area contributed by atoms with Gasteiger partial charge in [0.15, 0.2) is 0 Å². The molecule has 0 radical (unpaired) electrons. The van der Waals surface area contributed by atoms with E-state index in [1.807, 2.05) is 18.5 Å². The van der Waals surface area contributed by atoms with Gasteiger partial charge in [-0.25, -0.2) is 9.97 Å². The predicted molar refractivity (Wildman–Crippen MR) is 86.6 cm³/mol. The van der Waals surface area contributed by atoms with E-state index in [1.54, 1.807) is 0 Å². The molecule has 1 N–H and O–H groups in total. The lowest BCUT2D eigenvalue weighted by Crippen LogP contribution is -2.52. The first-order chi connectivity index (χ1) is 10.9. The molecule has 3 aliphatic rings. The molecule has 22 heavy (non-hydrogen) atoms. The average molecular weight is 301 g/mol. The summed E-state index contributed by atoms with van der Waals surface area (Å²) in [5.74, 6) is 1.95. The lowest BCUT2D eigenvalue weighted by molar-refractivity contribution is 0.0677. The summed E-state index contributed by atoms with van der Waals surface area (Å²) in [5.41, 5.74) is 0.169. The standard InChI is InChI=1S/C17H27N5/c1-6-19-16(20-7-1)17(4-5-17)22-12-10-21(11-13-22)14-15-2-8-18-9-3-15/h1,6-7,15,18H,2-5,8-14H2. The van der Waals surface area contributed by atoms with Gasteiger partial charge in [0.05, 0.1) is 5.54 Å². The molecule has 1 aliphatic carbocycles. The van der Waals surface area contributed by atoms with Gasteiger partial charge in [0, 0.05) is 45.1 Å². The molecular formula is C17H27N5. The van der Waals surface area contributed by atoms with Gasteiger partial charge in [-0.1, -0.05) is 0 Å². The third-order valence-corrected chi connectivity index (χ3v) is 5.66. The van der Waals surface area contributed by atoms with Crippen LogP contribution >= 0.6 is 0 Å². The molecule has 0 spiro atoms. The number of hydrogen-bond donors (Lipinski definition) is 1. The van der Waals surface area contributed by atoms with Gasteiger partial charge in [0.2, 0.25) is 0 Å². The maximum Gasteiger partial charge on any atom is 0.148 e. The maximum atomic E-state index is 4.53. The summed E-state index contributed by atoms with van der Waals surface area (Å²) in [6.07, 6.45) is 8.92. The summed E-state index contributed by atoms with van der Waals surface area (Å²) in [4.78, 5) is 14.4. The number of nitrogens with one attached hydrogen (secondary N) is 1. The maximum absolute atomic E-state index is 4.53. The molecule has 0 aromatic carbocycles. The number of hydrogen-bond acceptors (Lipinski definition) is 5. The van der Waals surface area contributed by atoms with Crippen LogP contribution in [0.5, 0.6) is 0 Å². The highest BCUT2D eigenvalue weighted by molar-refractivity contribution is 5.17. The quantitative estimate of drug-likeness (QED) is 0.902. The van der Waals surface area contributed by atoms with Gasteiger partial charge < -0.3 is 10.2 Å². The molecule has 2 saturated heterocycles. The Balaban J connectivity index is 1.32. The number of piperidine rings is 1. The minimum atomic E-state index is 0.169. The van der Waals surface area contributed by atoms with E-state index in [1.165, 1.54) is 71.5 Å². The van der Waals surface area contributed by atoms with Crippen LogP contribution in [-0.4, -0.2) is 65.6 Å². The Morgan fingerprint density at radius 3 is 2.36 bits per heavy atom. The number of rotatable bonds is 4. The first-order valence-corrected chi connectivity index (χ1v) is 8.82. The van der Waals surface area contributed by atoms with Crippen molar-refractivity contribution < 1.29 is 0 Å². The Labute approximate surface area is 133 Å². The highest BCUT2D eigenvalue weighted by atomic mass is 15.3. The Morgan fingerprint density at radius 2 is 1.73 bits per heavy atom. The molecule has 120 valence electrons. The molecule has 2 aliphatic heterocycles. The second-order valence-electron chi connectivity index (χ2n) is 7.09. The third-order valence-electron chi connectivity index (χ3n) is 5.66. The summed E-state index contributed by atoms with van der Waals surface area (Å²) in [7, 11) is 0. The van der Waals surface area contributed by atoms with Gasteiger partial charge in [0.25, 0.3) is 0 Å². The van der Waals surface area contributed by atoms with Crippen LogP contribution < -0.4 is 5.32 Å². The largest absolute Gasteiger partial charge is 0.317 e.